The Morgan fingerprint density at radius 3 is 2.48 bits per heavy atom. The fraction of sp³-hybridized carbons (Fsp3) is 0.308. The fourth-order valence-electron chi connectivity index (χ4n) is 1.51. The zero-order valence-electron chi connectivity index (χ0n) is 11.4. The van der Waals surface area contributed by atoms with Crippen LogP contribution >= 0.6 is 35.4 Å². The number of carbonyl (C=O) groups excluding carboxylic acids is 1. The van der Waals surface area contributed by atoms with Gasteiger partial charge in [0.15, 0.2) is 5.11 Å². The molecule has 0 bridgehead atoms. The molecule has 5 nitrogen and oxygen atoms in total. The van der Waals surface area contributed by atoms with Crippen LogP contribution in [0.1, 0.15) is 30.6 Å². The van der Waals surface area contributed by atoms with Crippen LogP contribution in [0.5, 0.6) is 0 Å². The van der Waals surface area contributed by atoms with Gasteiger partial charge in [-0.2, -0.15) is 0 Å². The minimum absolute atomic E-state index is 0.0288. The number of thiocarbonyl (C=S) groups is 1. The Kier molecular flexibility index (Phi) is 6.39. The zero-order valence-corrected chi connectivity index (χ0v) is 13.7. The molecule has 3 N–H and O–H groups in total. The van der Waals surface area contributed by atoms with Crippen molar-refractivity contribution in [3.63, 3.8) is 0 Å². The van der Waals surface area contributed by atoms with Crippen LogP contribution in [0.2, 0.25) is 10.0 Å². The lowest BCUT2D eigenvalue weighted by Gasteiger charge is -2.13. The molecular formula is C13H14Cl2N2O3S. The van der Waals surface area contributed by atoms with Gasteiger partial charge in [-0.05, 0) is 30.3 Å². The summed E-state index contributed by atoms with van der Waals surface area (Å²) in [4.78, 5) is 22.6. The molecule has 0 aliphatic rings. The summed E-state index contributed by atoms with van der Waals surface area (Å²) in [5.41, 5.74) is 0.180. The maximum atomic E-state index is 11.6. The van der Waals surface area contributed by atoms with Gasteiger partial charge in [-0.25, -0.2) is 4.79 Å². The van der Waals surface area contributed by atoms with Crippen molar-refractivity contribution in [3.8, 4) is 0 Å². The predicted molar refractivity (Wildman–Crippen MR) is 87.2 cm³/mol. The quantitative estimate of drug-likeness (QED) is 0.725. The molecule has 1 aromatic rings. The topological polar surface area (TPSA) is 78.4 Å². The van der Waals surface area contributed by atoms with E-state index in [0.29, 0.717) is 6.42 Å². The van der Waals surface area contributed by atoms with E-state index in [9.17, 15) is 9.59 Å². The van der Waals surface area contributed by atoms with E-state index in [4.69, 9.17) is 40.5 Å². The zero-order chi connectivity index (χ0) is 16.2. The van der Waals surface area contributed by atoms with Gasteiger partial charge >= 0.3 is 5.97 Å². The molecule has 1 aromatic carbocycles. The van der Waals surface area contributed by atoms with Crippen LogP contribution in [0.25, 0.3) is 0 Å². The third kappa shape index (κ3) is 5.49. The van der Waals surface area contributed by atoms with Crippen molar-refractivity contribution in [2.45, 2.75) is 20.3 Å². The first-order valence-corrected chi connectivity index (χ1v) is 7.20. The van der Waals surface area contributed by atoms with E-state index in [2.05, 4.69) is 10.6 Å². The molecule has 114 valence electrons. The Labute approximate surface area is 137 Å². The van der Waals surface area contributed by atoms with Crippen molar-refractivity contribution in [3.05, 3.63) is 27.7 Å². The molecule has 0 heterocycles. The second-order valence-electron chi connectivity index (χ2n) is 4.73. The highest BCUT2D eigenvalue weighted by molar-refractivity contribution is 7.80. The van der Waals surface area contributed by atoms with Crippen LogP contribution in [-0.2, 0) is 4.79 Å². The number of hydrogen-bond acceptors (Lipinski definition) is 3. The molecule has 0 unspecified atom stereocenters. The number of hydrogen-bond donors (Lipinski definition) is 3. The molecule has 0 atom stereocenters. The van der Waals surface area contributed by atoms with Crippen molar-refractivity contribution in [2.75, 3.05) is 5.32 Å². The van der Waals surface area contributed by atoms with E-state index < -0.39 is 5.97 Å². The van der Waals surface area contributed by atoms with E-state index in [1.165, 1.54) is 12.1 Å². The van der Waals surface area contributed by atoms with Crippen LogP contribution < -0.4 is 10.6 Å². The van der Waals surface area contributed by atoms with Gasteiger partial charge in [0.2, 0.25) is 5.91 Å². The number of carbonyl (C=O) groups is 2. The van der Waals surface area contributed by atoms with Crippen LogP contribution in [0.4, 0.5) is 5.69 Å². The van der Waals surface area contributed by atoms with Crippen molar-refractivity contribution < 1.29 is 14.7 Å². The maximum absolute atomic E-state index is 11.6. The molecule has 0 aromatic heterocycles. The van der Waals surface area contributed by atoms with Crippen molar-refractivity contribution in [1.82, 2.24) is 5.32 Å². The van der Waals surface area contributed by atoms with Gasteiger partial charge < -0.3 is 15.7 Å². The Morgan fingerprint density at radius 1 is 1.33 bits per heavy atom. The Hall–Kier alpha value is -1.37. The van der Waals surface area contributed by atoms with E-state index in [1.807, 2.05) is 13.8 Å². The number of benzene rings is 1. The summed E-state index contributed by atoms with van der Waals surface area (Å²) in [7, 11) is 0. The number of carboxylic acids is 1. The summed E-state index contributed by atoms with van der Waals surface area (Å²) in [5.74, 6) is -1.19. The number of nitrogens with one attached hydrogen (secondary N) is 2. The normalized spacial score (nSPS) is 10.3. The standard InChI is InChI=1S/C13H14Cl2N2O3S/c1-6(2)3-10(18)17-13(21)16-9-5-7(12(19)20)4-8(14)11(9)15/h4-6H,3H2,1-2H3,(H,19,20)(H2,16,17,18,21). The maximum Gasteiger partial charge on any atom is 0.335 e. The average molecular weight is 349 g/mol. The highest BCUT2D eigenvalue weighted by atomic mass is 35.5. The summed E-state index contributed by atoms with van der Waals surface area (Å²) in [6.07, 6.45) is 0.325. The van der Waals surface area contributed by atoms with Gasteiger partial charge in [0.25, 0.3) is 0 Å². The van der Waals surface area contributed by atoms with Gasteiger partial charge in [0, 0.05) is 6.42 Å². The third-order valence-corrected chi connectivity index (χ3v) is 3.38. The van der Waals surface area contributed by atoms with Crippen LogP contribution in [-0.4, -0.2) is 22.1 Å². The van der Waals surface area contributed by atoms with E-state index in [1.54, 1.807) is 0 Å². The lowest BCUT2D eigenvalue weighted by atomic mass is 10.1. The SMILES string of the molecule is CC(C)CC(=O)NC(=S)Nc1cc(C(=O)O)cc(Cl)c1Cl. The molecule has 0 saturated heterocycles. The van der Waals surface area contributed by atoms with Gasteiger partial charge in [0.05, 0.1) is 21.3 Å². The van der Waals surface area contributed by atoms with Crippen LogP contribution in [0, 0.1) is 5.92 Å². The molecule has 0 aliphatic carbocycles. The van der Waals surface area contributed by atoms with Gasteiger partial charge in [0.1, 0.15) is 0 Å². The average Bonchev–Trinajstić information content (AvgIpc) is 2.32. The number of carboxylic acid groups (broad SMARTS) is 1. The summed E-state index contributed by atoms with van der Waals surface area (Å²) >= 11 is 16.8. The molecule has 0 radical (unpaired) electrons. The van der Waals surface area contributed by atoms with Crippen LogP contribution in [0.15, 0.2) is 12.1 Å². The molecular weight excluding hydrogens is 335 g/mol. The summed E-state index contributed by atoms with van der Waals surface area (Å²) in [5, 5.41) is 14.4. The monoisotopic (exact) mass is 348 g/mol. The van der Waals surface area contributed by atoms with Gasteiger partial charge in [-0.15, -0.1) is 0 Å². The number of aromatic carboxylic acids is 1. The van der Waals surface area contributed by atoms with E-state index in [0.717, 1.165) is 0 Å². The van der Waals surface area contributed by atoms with Gasteiger partial charge in [-0.1, -0.05) is 37.0 Å². The minimum atomic E-state index is -1.15. The predicted octanol–water partition coefficient (Wildman–Crippen LogP) is 3.55. The van der Waals surface area contributed by atoms with E-state index >= 15 is 0 Å². The second kappa shape index (κ2) is 7.59. The first kappa shape index (κ1) is 17.7. The second-order valence-corrected chi connectivity index (χ2v) is 5.92. The molecule has 0 saturated carbocycles. The highest BCUT2D eigenvalue weighted by Gasteiger charge is 2.14. The summed E-state index contributed by atoms with van der Waals surface area (Å²) in [6, 6.07) is 2.52. The smallest absolute Gasteiger partial charge is 0.335 e. The van der Waals surface area contributed by atoms with Gasteiger partial charge in [-0.3, -0.25) is 4.79 Å². The van der Waals surface area contributed by atoms with Crippen molar-refractivity contribution >= 4 is 58.1 Å². The van der Waals surface area contributed by atoms with E-state index in [-0.39, 0.29) is 38.2 Å². The molecule has 1 rings (SSSR count). The lowest BCUT2D eigenvalue weighted by molar-refractivity contribution is -0.120. The largest absolute Gasteiger partial charge is 0.478 e. The summed E-state index contributed by atoms with van der Waals surface area (Å²) in [6.45, 7) is 3.81. The molecule has 0 aliphatic heterocycles. The van der Waals surface area contributed by atoms with Crippen molar-refractivity contribution in [2.24, 2.45) is 5.92 Å². The molecule has 0 fully saturated rings. The molecule has 1 amide bonds. The Morgan fingerprint density at radius 2 is 1.95 bits per heavy atom. The lowest BCUT2D eigenvalue weighted by Crippen LogP contribution is -2.34. The number of anilines is 1. The van der Waals surface area contributed by atoms with Crippen LogP contribution in [0.3, 0.4) is 0 Å². The van der Waals surface area contributed by atoms with Crippen molar-refractivity contribution in [1.29, 1.82) is 0 Å². The highest BCUT2D eigenvalue weighted by Crippen LogP contribution is 2.31. The Balaban J connectivity index is 2.85. The Bertz CT molecular complexity index is 591. The molecule has 0 spiro atoms. The third-order valence-electron chi connectivity index (χ3n) is 2.37. The minimum Gasteiger partial charge on any atom is -0.478 e. The molecule has 21 heavy (non-hydrogen) atoms. The number of amides is 1. The summed E-state index contributed by atoms with van der Waals surface area (Å²) < 4.78 is 0. The number of rotatable bonds is 4. The fourth-order valence-corrected chi connectivity index (χ4v) is 2.11. The number of halogens is 2. The molecule has 8 heteroatoms. The first-order valence-electron chi connectivity index (χ1n) is 6.04. The first-order chi connectivity index (χ1) is 9.70.